The second kappa shape index (κ2) is 5.31. The highest BCUT2D eigenvalue weighted by atomic mass is 79.9. The molecule has 0 unspecified atom stereocenters. The number of benzene rings is 2. The molecule has 0 saturated carbocycles. The van der Waals surface area contributed by atoms with E-state index in [0.29, 0.717) is 10.7 Å². The Labute approximate surface area is 129 Å². The van der Waals surface area contributed by atoms with Gasteiger partial charge in [0.2, 0.25) is 5.88 Å². The predicted molar refractivity (Wildman–Crippen MR) is 84.5 cm³/mol. The summed E-state index contributed by atoms with van der Waals surface area (Å²) in [6, 6.07) is 15.3. The van der Waals surface area contributed by atoms with Gasteiger partial charge < -0.3 is 10.3 Å². The summed E-state index contributed by atoms with van der Waals surface area (Å²) in [4.78, 5) is 0. The Kier molecular flexibility index (Phi) is 3.51. The molecule has 0 radical (unpaired) electrons. The minimum absolute atomic E-state index is 0.290. The summed E-state index contributed by atoms with van der Waals surface area (Å²) >= 11 is 9.48. The lowest BCUT2D eigenvalue weighted by molar-refractivity contribution is 0.439. The van der Waals surface area contributed by atoms with Crippen molar-refractivity contribution in [2.75, 3.05) is 5.73 Å². The molecule has 3 nitrogen and oxygen atoms in total. The molecular weight excluding hydrogens is 340 g/mol. The average molecular weight is 350 g/mol. The molecule has 0 spiro atoms. The van der Waals surface area contributed by atoms with Gasteiger partial charge in [-0.25, -0.2) is 0 Å². The van der Waals surface area contributed by atoms with Crippen LogP contribution in [0.2, 0.25) is 5.02 Å². The minimum atomic E-state index is 0.290. The number of hydrogen-bond acceptors (Lipinski definition) is 3. The average Bonchev–Trinajstić information content (AvgIpc) is 2.80. The van der Waals surface area contributed by atoms with Crippen LogP contribution in [-0.2, 0) is 0 Å². The van der Waals surface area contributed by atoms with Crippen LogP contribution < -0.4 is 5.73 Å². The summed E-state index contributed by atoms with van der Waals surface area (Å²) in [5.74, 6) is 0.290. The topological polar surface area (TPSA) is 52.0 Å². The van der Waals surface area contributed by atoms with Gasteiger partial charge in [-0.15, -0.1) is 0 Å². The first-order chi connectivity index (χ1) is 9.65. The maximum Gasteiger partial charge on any atom is 0.230 e. The van der Waals surface area contributed by atoms with Crippen molar-refractivity contribution in [1.29, 1.82) is 0 Å². The second-order valence-corrected chi connectivity index (χ2v) is 5.64. The molecule has 100 valence electrons. The molecule has 0 fully saturated rings. The fourth-order valence-electron chi connectivity index (χ4n) is 2.06. The van der Waals surface area contributed by atoms with Gasteiger partial charge in [0.1, 0.15) is 5.69 Å². The largest absolute Gasteiger partial charge is 0.367 e. The highest BCUT2D eigenvalue weighted by Gasteiger charge is 2.17. The summed E-state index contributed by atoms with van der Waals surface area (Å²) in [6.45, 7) is 0. The van der Waals surface area contributed by atoms with Gasteiger partial charge in [0.05, 0.1) is 5.56 Å². The lowest BCUT2D eigenvalue weighted by atomic mass is 10.0. The smallest absolute Gasteiger partial charge is 0.230 e. The molecule has 3 rings (SSSR count). The third-order valence-corrected chi connectivity index (χ3v) is 3.66. The zero-order chi connectivity index (χ0) is 14.1. The monoisotopic (exact) mass is 348 g/mol. The van der Waals surface area contributed by atoms with E-state index in [1.165, 1.54) is 0 Å². The van der Waals surface area contributed by atoms with E-state index < -0.39 is 0 Å². The summed E-state index contributed by atoms with van der Waals surface area (Å²) in [5, 5.41) is 4.70. The van der Waals surface area contributed by atoms with Crippen molar-refractivity contribution in [2.45, 2.75) is 0 Å². The molecule has 1 heterocycles. The van der Waals surface area contributed by atoms with Crippen molar-refractivity contribution in [1.82, 2.24) is 5.16 Å². The molecule has 0 aliphatic carbocycles. The maximum atomic E-state index is 6.03. The second-order valence-electron chi connectivity index (χ2n) is 4.29. The Balaban J connectivity index is 2.20. The third kappa shape index (κ3) is 2.44. The van der Waals surface area contributed by atoms with Crippen LogP contribution in [0.25, 0.3) is 22.4 Å². The van der Waals surface area contributed by atoms with E-state index in [0.717, 1.165) is 21.2 Å². The number of nitrogens with two attached hydrogens (primary N) is 1. The lowest BCUT2D eigenvalue weighted by Crippen LogP contribution is -1.88. The van der Waals surface area contributed by atoms with Gasteiger partial charge in [-0.05, 0) is 29.8 Å². The summed E-state index contributed by atoms with van der Waals surface area (Å²) in [5.41, 5.74) is 9.18. The van der Waals surface area contributed by atoms with Crippen molar-refractivity contribution in [3.63, 3.8) is 0 Å². The van der Waals surface area contributed by atoms with Gasteiger partial charge in [0.25, 0.3) is 0 Å². The zero-order valence-corrected chi connectivity index (χ0v) is 12.6. The fraction of sp³-hybridized carbons (Fsp3) is 0. The van der Waals surface area contributed by atoms with Gasteiger partial charge in [-0.3, -0.25) is 0 Å². The van der Waals surface area contributed by atoms with Crippen molar-refractivity contribution >= 4 is 33.4 Å². The normalized spacial score (nSPS) is 10.7. The van der Waals surface area contributed by atoms with Crippen molar-refractivity contribution in [2.24, 2.45) is 0 Å². The Hall–Kier alpha value is -1.78. The van der Waals surface area contributed by atoms with Crippen LogP contribution in [0.5, 0.6) is 0 Å². The van der Waals surface area contributed by atoms with Gasteiger partial charge in [0.15, 0.2) is 0 Å². The quantitative estimate of drug-likeness (QED) is 0.708. The van der Waals surface area contributed by atoms with Crippen LogP contribution in [0, 0.1) is 0 Å². The van der Waals surface area contributed by atoms with E-state index in [1.807, 2.05) is 48.5 Å². The van der Waals surface area contributed by atoms with E-state index >= 15 is 0 Å². The van der Waals surface area contributed by atoms with Crippen molar-refractivity contribution < 1.29 is 4.52 Å². The first-order valence-electron chi connectivity index (χ1n) is 5.92. The number of aromatic nitrogens is 1. The fourth-order valence-corrected chi connectivity index (χ4v) is 2.65. The van der Waals surface area contributed by atoms with Gasteiger partial charge in [-0.1, -0.05) is 57.0 Å². The summed E-state index contributed by atoms with van der Waals surface area (Å²) in [6.07, 6.45) is 0. The molecule has 1 aromatic heterocycles. The SMILES string of the molecule is Nc1onc(-c2cccc(Cl)c2)c1-c1cccc(Br)c1. The number of hydrogen-bond donors (Lipinski definition) is 1. The van der Waals surface area contributed by atoms with E-state index in [-0.39, 0.29) is 5.88 Å². The number of rotatable bonds is 2. The van der Waals surface area contributed by atoms with Gasteiger partial charge in [-0.2, -0.15) is 0 Å². The molecule has 0 aliphatic heterocycles. The van der Waals surface area contributed by atoms with Crippen LogP contribution >= 0.6 is 27.5 Å². The highest BCUT2D eigenvalue weighted by molar-refractivity contribution is 9.10. The molecular formula is C15H10BrClN2O. The van der Waals surface area contributed by atoms with Crippen molar-refractivity contribution in [3.8, 4) is 22.4 Å². The molecule has 2 aromatic carbocycles. The molecule has 3 aromatic rings. The summed E-state index contributed by atoms with van der Waals surface area (Å²) in [7, 11) is 0. The zero-order valence-electron chi connectivity index (χ0n) is 10.3. The minimum Gasteiger partial charge on any atom is -0.367 e. The maximum absolute atomic E-state index is 6.03. The molecule has 0 amide bonds. The standard InChI is InChI=1S/C15H10BrClN2O/c16-11-5-1-3-9(7-11)13-14(19-20-15(13)18)10-4-2-6-12(17)8-10/h1-8H,18H2. The van der Waals surface area contributed by atoms with Crippen LogP contribution in [0.3, 0.4) is 0 Å². The lowest BCUT2D eigenvalue weighted by Gasteiger charge is -2.04. The van der Waals surface area contributed by atoms with Gasteiger partial charge in [0, 0.05) is 15.1 Å². The molecule has 5 heteroatoms. The third-order valence-electron chi connectivity index (χ3n) is 2.93. The van der Waals surface area contributed by atoms with Crippen LogP contribution in [-0.4, -0.2) is 5.16 Å². The Bertz CT molecular complexity index is 770. The Morgan fingerprint density at radius 3 is 2.55 bits per heavy atom. The molecule has 2 N–H and O–H groups in total. The van der Waals surface area contributed by atoms with E-state index in [2.05, 4.69) is 21.1 Å². The van der Waals surface area contributed by atoms with Crippen LogP contribution in [0.1, 0.15) is 0 Å². The molecule has 0 atom stereocenters. The van der Waals surface area contributed by atoms with E-state index in [4.69, 9.17) is 21.9 Å². The number of nitrogen functional groups attached to an aromatic ring is 1. The Morgan fingerprint density at radius 1 is 1.05 bits per heavy atom. The molecule has 0 bridgehead atoms. The Morgan fingerprint density at radius 2 is 1.80 bits per heavy atom. The summed E-state index contributed by atoms with van der Waals surface area (Å²) < 4.78 is 6.12. The van der Waals surface area contributed by atoms with Crippen molar-refractivity contribution in [3.05, 3.63) is 58.0 Å². The highest BCUT2D eigenvalue weighted by Crippen LogP contribution is 2.37. The molecule has 0 saturated heterocycles. The predicted octanol–water partition coefficient (Wildman–Crippen LogP) is 5.01. The first-order valence-corrected chi connectivity index (χ1v) is 7.09. The number of halogens is 2. The molecule has 20 heavy (non-hydrogen) atoms. The van der Waals surface area contributed by atoms with E-state index in [9.17, 15) is 0 Å². The van der Waals surface area contributed by atoms with Gasteiger partial charge >= 0.3 is 0 Å². The van der Waals surface area contributed by atoms with Crippen LogP contribution in [0.15, 0.2) is 57.5 Å². The number of anilines is 1. The van der Waals surface area contributed by atoms with E-state index in [1.54, 1.807) is 0 Å². The number of nitrogens with zero attached hydrogens (tertiary/aromatic N) is 1. The van der Waals surface area contributed by atoms with Crippen LogP contribution in [0.4, 0.5) is 5.88 Å². The molecule has 0 aliphatic rings. The first kappa shape index (κ1) is 13.2.